The van der Waals surface area contributed by atoms with E-state index in [1.54, 1.807) is 19.1 Å². The van der Waals surface area contributed by atoms with Crippen LogP contribution in [0.4, 0.5) is 5.69 Å². The Hall–Kier alpha value is -1.56. The number of nitriles is 1. The van der Waals surface area contributed by atoms with Gasteiger partial charge in [-0.3, -0.25) is 0 Å². The highest BCUT2D eigenvalue weighted by atomic mass is 14.7. The normalized spacial score (nSPS) is 8.80. The number of hydrogen-bond donors (Lipinski definition) is 1. The molecule has 0 atom stereocenters. The molecule has 0 saturated carbocycles. The molecule has 0 fully saturated rings. The van der Waals surface area contributed by atoms with Crippen LogP contribution in [0.1, 0.15) is 11.4 Å². The zero-order valence-electron chi connectivity index (χ0n) is 5.63. The van der Waals surface area contributed by atoms with E-state index >= 15 is 0 Å². The number of aryl methyl sites for hydroxylation is 1. The molecule has 0 aliphatic carbocycles. The molecule has 0 unspecified atom stereocenters. The van der Waals surface area contributed by atoms with Crippen molar-refractivity contribution in [1.29, 1.82) is 5.26 Å². The van der Waals surface area contributed by atoms with Crippen molar-refractivity contribution in [3.8, 4) is 6.07 Å². The molecule has 0 aromatic carbocycles. The molecule has 0 aliphatic rings. The zero-order valence-corrected chi connectivity index (χ0v) is 5.63. The summed E-state index contributed by atoms with van der Waals surface area (Å²) in [7, 11) is 0. The smallest absolute Gasteiger partial charge is 0.140 e. The van der Waals surface area contributed by atoms with E-state index in [2.05, 4.69) is 4.98 Å². The average Bonchev–Trinajstić information content (AvgIpc) is 1.95. The molecule has 50 valence electrons. The molecule has 1 heterocycles. The lowest BCUT2D eigenvalue weighted by Gasteiger charge is -1.95. The van der Waals surface area contributed by atoms with E-state index < -0.39 is 0 Å². The summed E-state index contributed by atoms with van der Waals surface area (Å²) < 4.78 is 0. The van der Waals surface area contributed by atoms with Gasteiger partial charge in [-0.25, -0.2) is 4.98 Å². The second-order valence-electron chi connectivity index (χ2n) is 1.98. The van der Waals surface area contributed by atoms with Gasteiger partial charge in [-0.2, -0.15) is 5.26 Å². The van der Waals surface area contributed by atoms with Gasteiger partial charge < -0.3 is 5.73 Å². The van der Waals surface area contributed by atoms with Crippen LogP contribution in [0, 0.1) is 18.3 Å². The van der Waals surface area contributed by atoms with Gasteiger partial charge in [0.1, 0.15) is 11.8 Å². The first-order valence-electron chi connectivity index (χ1n) is 2.87. The van der Waals surface area contributed by atoms with Crippen molar-refractivity contribution in [2.75, 3.05) is 5.73 Å². The lowest BCUT2D eigenvalue weighted by Crippen LogP contribution is -1.93. The third-order valence-corrected chi connectivity index (χ3v) is 1.24. The van der Waals surface area contributed by atoms with Gasteiger partial charge in [-0.1, -0.05) is 0 Å². The fraction of sp³-hybridized carbons (Fsp3) is 0.143. The third-order valence-electron chi connectivity index (χ3n) is 1.24. The fourth-order valence-electron chi connectivity index (χ4n) is 0.634. The first-order chi connectivity index (χ1) is 4.74. The lowest BCUT2D eigenvalue weighted by molar-refractivity contribution is 1.17. The van der Waals surface area contributed by atoms with E-state index in [4.69, 9.17) is 11.0 Å². The van der Waals surface area contributed by atoms with Crippen molar-refractivity contribution < 1.29 is 0 Å². The Bertz CT molecular complexity index is 285. The first-order valence-corrected chi connectivity index (χ1v) is 2.87. The molecule has 1 rings (SSSR count). The van der Waals surface area contributed by atoms with Crippen LogP contribution in [-0.4, -0.2) is 4.98 Å². The minimum Gasteiger partial charge on any atom is -0.397 e. The van der Waals surface area contributed by atoms with Gasteiger partial charge in [0.05, 0.1) is 11.4 Å². The van der Waals surface area contributed by atoms with Crippen LogP contribution < -0.4 is 5.73 Å². The molecule has 0 aliphatic heterocycles. The molecule has 0 radical (unpaired) electrons. The van der Waals surface area contributed by atoms with Crippen LogP contribution in [0.2, 0.25) is 0 Å². The molecular weight excluding hydrogens is 126 g/mol. The number of anilines is 1. The van der Waals surface area contributed by atoms with Crippen molar-refractivity contribution in [1.82, 2.24) is 4.98 Å². The molecule has 3 heteroatoms. The van der Waals surface area contributed by atoms with E-state index in [0.717, 1.165) is 0 Å². The number of rotatable bonds is 0. The van der Waals surface area contributed by atoms with Crippen molar-refractivity contribution in [3.63, 3.8) is 0 Å². The Morgan fingerprint density at radius 2 is 2.30 bits per heavy atom. The summed E-state index contributed by atoms with van der Waals surface area (Å²) in [5.41, 5.74) is 7.21. The van der Waals surface area contributed by atoms with Crippen LogP contribution in [-0.2, 0) is 0 Å². The van der Waals surface area contributed by atoms with Crippen LogP contribution >= 0.6 is 0 Å². The summed E-state index contributed by atoms with van der Waals surface area (Å²) in [6.07, 6.45) is 0. The standard InChI is InChI=1S/C7H7N3/c1-5-7(9)3-2-6(4-8)10-5/h2-3H,9H2,1H3. The highest BCUT2D eigenvalue weighted by molar-refractivity contribution is 5.44. The summed E-state index contributed by atoms with van der Waals surface area (Å²) in [6.45, 7) is 1.77. The molecule has 3 nitrogen and oxygen atoms in total. The maximum Gasteiger partial charge on any atom is 0.140 e. The molecule has 0 bridgehead atoms. The number of hydrogen-bond acceptors (Lipinski definition) is 3. The maximum absolute atomic E-state index is 8.40. The monoisotopic (exact) mass is 133 g/mol. The molecular formula is C7H7N3. The van der Waals surface area contributed by atoms with Gasteiger partial charge in [-0.05, 0) is 19.1 Å². The zero-order chi connectivity index (χ0) is 7.56. The third kappa shape index (κ3) is 1.06. The van der Waals surface area contributed by atoms with E-state index in [1.807, 2.05) is 6.07 Å². The van der Waals surface area contributed by atoms with Crippen LogP contribution in [0.15, 0.2) is 12.1 Å². The minimum absolute atomic E-state index is 0.409. The summed E-state index contributed by atoms with van der Waals surface area (Å²) in [5, 5.41) is 8.40. The second kappa shape index (κ2) is 2.36. The van der Waals surface area contributed by atoms with Gasteiger partial charge >= 0.3 is 0 Å². The lowest BCUT2D eigenvalue weighted by atomic mass is 10.3. The Labute approximate surface area is 59.1 Å². The average molecular weight is 133 g/mol. The van der Waals surface area contributed by atoms with Crippen molar-refractivity contribution in [2.24, 2.45) is 0 Å². The first kappa shape index (κ1) is 6.56. The van der Waals surface area contributed by atoms with Gasteiger partial charge in [0.25, 0.3) is 0 Å². The van der Waals surface area contributed by atoms with Crippen molar-refractivity contribution in [3.05, 3.63) is 23.5 Å². The van der Waals surface area contributed by atoms with E-state index in [0.29, 0.717) is 17.1 Å². The van der Waals surface area contributed by atoms with Crippen molar-refractivity contribution >= 4 is 5.69 Å². The SMILES string of the molecule is Cc1nc(C#N)ccc1N. The van der Waals surface area contributed by atoms with E-state index in [1.165, 1.54) is 0 Å². The van der Waals surface area contributed by atoms with E-state index in [9.17, 15) is 0 Å². The summed E-state index contributed by atoms with van der Waals surface area (Å²) in [4.78, 5) is 3.91. The van der Waals surface area contributed by atoms with E-state index in [-0.39, 0.29) is 0 Å². The highest BCUT2D eigenvalue weighted by Gasteiger charge is 1.94. The van der Waals surface area contributed by atoms with Gasteiger partial charge in [0.2, 0.25) is 0 Å². The van der Waals surface area contributed by atoms with Crippen molar-refractivity contribution in [2.45, 2.75) is 6.92 Å². The second-order valence-corrected chi connectivity index (χ2v) is 1.98. The Morgan fingerprint density at radius 1 is 1.60 bits per heavy atom. The summed E-state index contributed by atoms with van der Waals surface area (Å²) >= 11 is 0. The number of pyridine rings is 1. The molecule has 10 heavy (non-hydrogen) atoms. The molecule has 2 N–H and O–H groups in total. The number of aromatic nitrogens is 1. The number of nitrogens with zero attached hydrogens (tertiary/aromatic N) is 2. The number of nitrogens with two attached hydrogens (primary N) is 1. The Kier molecular flexibility index (Phi) is 1.55. The fourth-order valence-corrected chi connectivity index (χ4v) is 0.634. The van der Waals surface area contributed by atoms with Gasteiger partial charge in [0.15, 0.2) is 0 Å². The Balaban J connectivity index is 3.20. The van der Waals surface area contributed by atoms with Crippen LogP contribution in [0.3, 0.4) is 0 Å². The topological polar surface area (TPSA) is 62.7 Å². The predicted octanol–water partition coefficient (Wildman–Crippen LogP) is 0.844. The summed E-state index contributed by atoms with van der Waals surface area (Å²) in [6, 6.07) is 5.21. The number of nitrogen functional groups attached to an aromatic ring is 1. The van der Waals surface area contributed by atoms with Gasteiger partial charge in [-0.15, -0.1) is 0 Å². The quantitative estimate of drug-likeness (QED) is 0.570. The molecule has 0 saturated heterocycles. The molecule has 0 amide bonds. The summed E-state index contributed by atoms with van der Waals surface area (Å²) in [5.74, 6) is 0. The van der Waals surface area contributed by atoms with Crippen LogP contribution in [0.5, 0.6) is 0 Å². The highest BCUT2D eigenvalue weighted by Crippen LogP contribution is 2.06. The molecule has 1 aromatic heterocycles. The van der Waals surface area contributed by atoms with Crippen LogP contribution in [0.25, 0.3) is 0 Å². The molecule has 1 aromatic rings. The van der Waals surface area contributed by atoms with Gasteiger partial charge in [0, 0.05) is 0 Å². The largest absolute Gasteiger partial charge is 0.397 e. The maximum atomic E-state index is 8.40. The molecule has 0 spiro atoms. The Morgan fingerprint density at radius 3 is 2.80 bits per heavy atom. The predicted molar refractivity (Wildman–Crippen MR) is 38.1 cm³/mol. The minimum atomic E-state index is 0.409.